The van der Waals surface area contributed by atoms with Crippen molar-refractivity contribution in [1.82, 2.24) is 5.32 Å². The van der Waals surface area contributed by atoms with Crippen LogP contribution in [-0.4, -0.2) is 29.4 Å². The Morgan fingerprint density at radius 3 is 2.36 bits per heavy atom. The van der Waals surface area contributed by atoms with E-state index in [1.165, 1.54) is 6.92 Å². The van der Waals surface area contributed by atoms with Crippen LogP contribution in [0.3, 0.4) is 0 Å². The summed E-state index contributed by atoms with van der Waals surface area (Å²) >= 11 is 0. The van der Waals surface area contributed by atoms with Crippen molar-refractivity contribution in [2.45, 2.75) is 26.3 Å². The van der Waals surface area contributed by atoms with Crippen LogP contribution in [0.1, 0.15) is 20.3 Å². The number of hydrogen-bond donors (Lipinski definition) is 2. The van der Waals surface area contributed by atoms with E-state index in [9.17, 15) is 9.59 Å². The van der Waals surface area contributed by atoms with Crippen LogP contribution in [0.25, 0.3) is 0 Å². The van der Waals surface area contributed by atoms with Crippen molar-refractivity contribution in [2.24, 2.45) is 0 Å². The van der Waals surface area contributed by atoms with E-state index in [4.69, 9.17) is 5.11 Å². The van der Waals surface area contributed by atoms with Gasteiger partial charge < -0.3 is 10.4 Å². The third kappa shape index (κ3) is 3.72. The maximum absolute atomic E-state index is 10.9. The Morgan fingerprint density at radius 1 is 1.55 bits per heavy atom. The molecule has 0 saturated carbocycles. The molecule has 0 fully saturated rings. The largest absolute Gasteiger partial charge is 0.394 e. The molecule has 0 aromatic heterocycles. The molecule has 11 heavy (non-hydrogen) atoms. The predicted molar refractivity (Wildman–Crippen MR) is 40.0 cm³/mol. The molecule has 0 aliphatic carbocycles. The first kappa shape index (κ1) is 10.1. The lowest BCUT2D eigenvalue weighted by molar-refractivity contribution is -0.127. The van der Waals surface area contributed by atoms with Gasteiger partial charge in [0.15, 0.2) is 5.78 Å². The second-order valence-corrected chi connectivity index (χ2v) is 2.26. The van der Waals surface area contributed by atoms with E-state index in [1.807, 2.05) is 0 Å². The van der Waals surface area contributed by atoms with E-state index >= 15 is 0 Å². The van der Waals surface area contributed by atoms with E-state index in [-0.39, 0.29) is 18.3 Å². The van der Waals surface area contributed by atoms with Crippen LogP contribution >= 0.6 is 0 Å². The molecule has 64 valence electrons. The highest BCUT2D eigenvalue weighted by molar-refractivity contribution is 5.88. The van der Waals surface area contributed by atoms with E-state index < -0.39 is 6.04 Å². The zero-order valence-electron chi connectivity index (χ0n) is 6.76. The lowest BCUT2D eigenvalue weighted by atomic mass is 10.1. The summed E-state index contributed by atoms with van der Waals surface area (Å²) in [6.45, 7) is 2.67. The molecule has 0 rings (SSSR count). The molecule has 0 bridgehead atoms. The summed E-state index contributed by atoms with van der Waals surface area (Å²) in [6.07, 6.45) is 0.325. The normalized spacial score (nSPS) is 12.3. The molecule has 0 aromatic rings. The average Bonchev–Trinajstić information content (AvgIpc) is 1.98. The number of amides is 1. The van der Waals surface area contributed by atoms with Crippen LogP contribution in [-0.2, 0) is 9.59 Å². The molecule has 2 N–H and O–H groups in total. The Kier molecular flexibility index (Phi) is 4.45. The van der Waals surface area contributed by atoms with Gasteiger partial charge in [-0.05, 0) is 0 Å². The second-order valence-electron chi connectivity index (χ2n) is 2.26. The van der Waals surface area contributed by atoms with Gasteiger partial charge in [0.2, 0.25) is 5.91 Å². The van der Waals surface area contributed by atoms with E-state index in [2.05, 4.69) is 5.32 Å². The summed E-state index contributed by atoms with van der Waals surface area (Å²) in [5.41, 5.74) is 0. The van der Waals surface area contributed by atoms with Crippen molar-refractivity contribution in [2.75, 3.05) is 6.61 Å². The molecular formula is C7H13NO3. The minimum absolute atomic E-state index is 0.150. The SMILES string of the molecule is CCC(=O)C(CO)NC(C)=O. The van der Waals surface area contributed by atoms with Crippen LogP contribution in [0.4, 0.5) is 0 Å². The van der Waals surface area contributed by atoms with Crippen molar-refractivity contribution in [3.8, 4) is 0 Å². The van der Waals surface area contributed by atoms with Crippen LogP contribution in [0, 0.1) is 0 Å². The summed E-state index contributed by atoms with van der Waals surface area (Å²) in [7, 11) is 0. The van der Waals surface area contributed by atoms with Crippen molar-refractivity contribution in [1.29, 1.82) is 0 Å². The van der Waals surface area contributed by atoms with Crippen molar-refractivity contribution in [3.05, 3.63) is 0 Å². The standard InChI is InChI=1S/C7H13NO3/c1-3-7(11)6(4-9)8-5(2)10/h6,9H,3-4H2,1-2H3,(H,8,10). The number of rotatable bonds is 4. The lowest BCUT2D eigenvalue weighted by Gasteiger charge is -2.11. The monoisotopic (exact) mass is 159 g/mol. The second kappa shape index (κ2) is 4.85. The molecule has 1 atom stereocenters. The topological polar surface area (TPSA) is 66.4 Å². The molecule has 0 heterocycles. The third-order valence-electron chi connectivity index (χ3n) is 1.30. The fraction of sp³-hybridized carbons (Fsp3) is 0.714. The van der Waals surface area contributed by atoms with Crippen LogP contribution in [0.2, 0.25) is 0 Å². The number of carbonyl (C=O) groups excluding carboxylic acids is 2. The molecule has 0 radical (unpaired) electrons. The molecule has 0 saturated heterocycles. The Hall–Kier alpha value is -0.900. The highest BCUT2D eigenvalue weighted by Gasteiger charge is 2.15. The number of hydrogen-bond acceptors (Lipinski definition) is 3. The molecule has 4 heteroatoms. The lowest BCUT2D eigenvalue weighted by Crippen LogP contribution is -2.42. The number of aliphatic hydroxyl groups is 1. The first-order valence-corrected chi connectivity index (χ1v) is 3.52. The van der Waals surface area contributed by atoms with Gasteiger partial charge in [-0.3, -0.25) is 9.59 Å². The molecule has 0 aromatic carbocycles. The number of ketones is 1. The summed E-state index contributed by atoms with van der Waals surface area (Å²) in [4.78, 5) is 21.4. The van der Waals surface area contributed by atoms with E-state index in [1.54, 1.807) is 6.92 Å². The van der Waals surface area contributed by atoms with Gasteiger partial charge in [-0.2, -0.15) is 0 Å². The van der Waals surface area contributed by atoms with Gasteiger partial charge in [0.1, 0.15) is 6.04 Å². The zero-order valence-corrected chi connectivity index (χ0v) is 6.76. The minimum atomic E-state index is -0.725. The molecule has 0 aliphatic heterocycles. The average molecular weight is 159 g/mol. The molecule has 0 aliphatic rings. The maximum Gasteiger partial charge on any atom is 0.217 e. The zero-order chi connectivity index (χ0) is 8.85. The summed E-state index contributed by atoms with van der Waals surface area (Å²) in [6, 6.07) is -0.725. The molecule has 1 unspecified atom stereocenters. The fourth-order valence-corrected chi connectivity index (χ4v) is 0.720. The van der Waals surface area contributed by atoms with Crippen molar-refractivity contribution >= 4 is 11.7 Å². The first-order valence-electron chi connectivity index (χ1n) is 3.52. The maximum atomic E-state index is 10.9. The number of aliphatic hydroxyl groups excluding tert-OH is 1. The van der Waals surface area contributed by atoms with Gasteiger partial charge >= 0.3 is 0 Å². The number of carbonyl (C=O) groups is 2. The van der Waals surface area contributed by atoms with Gasteiger partial charge in [-0.25, -0.2) is 0 Å². The summed E-state index contributed by atoms with van der Waals surface area (Å²) in [5.74, 6) is -0.450. The van der Waals surface area contributed by atoms with Gasteiger partial charge in [-0.15, -0.1) is 0 Å². The fourth-order valence-electron chi connectivity index (χ4n) is 0.720. The van der Waals surface area contributed by atoms with Gasteiger partial charge in [-0.1, -0.05) is 6.92 Å². The number of Topliss-reactive ketones (excluding diaryl/α,β-unsaturated/α-hetero) is 1. The summed E-state index contributed by atoms with van der Waals surface area (Å²) in [5, 5.41) is 11.0. The van der Waals surface area contributed by atoms with E-state index in [0.29, 0.717) is 6.42 Å². The molecule has 0 spiro atoms. The van der Waals surface area contributed by atoms with Crippen molar-refractivity contribution in [3.63, 3.8) is 0 Å². The Labute approximate surface area is 65.6 Å². The van der Waals surface area contributed by atoms with Crippen LogP contribution in [0.5, 0.6) is 0 Å². The Morgan fingerprint density at radius 2 is 2.09 bits per heavy atom. The predicted octanol–water partition coefficient (Wildman–Crippen LogP) is -0.538. The first-order chi connectivity index (χ1) is 5.11. The quantitative estimate of drug-likeness (QED) is 0.579. The van der Waals surface area contributed by atoms with Crippen molar-refractivity contribution < 1.29 is 14.7 Å². The highest BCUT2D eigenvalue weighted by Crippen LogP contribution is 1.89. The third-order valence-corrected chi connectivity index (χ3v) is 1.30. The van der Waals surface area contributed by atoms with E-state index in [0.717, 1.165) is 0 Å². The Balaban J connectivity index is 3.94. The molecular weight excluding hydrogens is 146 g/mol. The van der Waals surface area contributed by atoms with Crippen LogP contribution in [0.15, 0.2) is 0 Å². The summed E-state index contributed by atoms with van der Waals surface area (Å²) < 4.78 is 0. The molecule has 1 amide bonds. The van der Waals surface area contributed by atoms with Crippen LogP contribution < -0.4 is 5.32 Å². The molecule has 4 nitrogen and oxygen atoms in total. The highest BCUT2D eigenvalue weighted by atomic mass is 16.3. The Bertz CT molecular complexity index is 156. The van der Waals surface area contributed by atoms with Gasteiger partial charge in [0.05, 0.1) is 6.61 Å². The van der Waals surface area contributed by atoms with Gasteiger partial charge in [0.25, 0.3) is 0 Å². The van der Waals surface area contributed by atoms with Gasteiger partial charge in [0, 0.05) is 13.3 Å². The minimum Gasteiger partial charge on any atom is -0.394 e. The number of nitrogens with one attached hydrogen (secondary N) is 1. The smallest absolute Gasteiger partial charge is 0.217 e.